The molecule has 0 aliphatic carbocycles. The van der Waals surface area contributed by atoms with Crippen LogP contribution in [0.15, 0.2) is 12.2 Å². The molecule has 15 nitrogen and oxygen atoms in total. The molecule has 0 aromatic rings. The molecule has 0 saturated carbocycles. The lowest BCUT2D eigenvalue weighted by Gasteiger charge is -2.20. The number of carbonyl (C=O) groups is 4. The van der Waals surface area contributed by atoms with E-state index in [1.54, 1.807) is 0 Å². The van der Waals surface area contributed by atoms with Crippen LogP contribution in [0, 0.1) is 0 Å². The molecule has 0 bridgehead atoms. The van der Waals surface area contributed by atoms with Crippen LogP contribution < -0.4 is 16.0 Å². The van der Waals surface area contributed by atoms with Crippen LogP contribution in [0.3, 0.4) is 0 Å². The summed E-state index contributed by atoms with van der Waals surface area (Å²) in [5.41, 5.74) is 0. The zero-order valence-corrected chi connectivity index (χ0v) is 40.2. The fraction of sp³-hybridized carbons (Fsp3) is 0.870. The predicted molar refractivity (Wildman–Crippen MR) is 248 cm³/mol. The summed E-state index contributed by atoms with van der Waals surface area (Å²) < 4.78 is 32.8. The van der Waals surface area contributed by atoms with Crippen molar-refractivity contribution in [2.24, 2.45) is 0 Å². The average molecular weight is 934 g/mol. The molecule has 3 amide bonds. The smallest absolute Gasteiger partial charge is 0.462 e. The minimum absolute atomic E-state index is 0.0658. The van der Waals surface area contributed by atoms with E-state index in [1.807, 2.05) is 11.8 Å². The molecule has 17 heteroatoms. The highest BCUT2D eigenvalue weighted by Crippen LogP contribution is 2.43. The Morgan fingerprint density at radius 3 is 1.94 bits per heavy atom. The van der Waals surface area contributed by atoms with E-state index in [2.05, 4.69) is 35.0 Å². The van der Waals surface area contributed by atoms with Gasteiger partial charge in [-0.3, -0.25) is 23.4 Å². The molecule has 2 heterocycles. The maximum absolute atomic E-state index is 12.7. The van der Waals surface area contributed by atoms with Gasteiger partial charge in [-0.2, -0.15) is 11.8 Å². The Bertz CT molecular complexity index is 1310. The van der Waals surface area contributed by atoms with Gasteiger partial charge in [-0.05, 0) is 57.8 Å². The number of esters is 2. The van der Waals surface area contributed by atoms with Gasteiger partial charge in [0, 0.05) is 36.8 Å². The number of allylic oxidation sites excluding steroid dienone is 2. The topological polar surface area (TPSA) is 219 Å². The zero-order chi connectivity index (χ0) is 45.8. The molecule has 6 atom stereocenters. The molecule has 0 aromatic carbocycles. The fourth-order valence-electron chi connectivity index (χ4n) is 7.63. The number of aliphatic hydroxyl groups is 2. The summed E-state index contributed by atoms with van der Waals surface area (Å²) >= 11 is 1.90. The molecule has 0 radical (unpaired) electrons. The first-order valence-electron chi connectivity index (χ1n) is 24.4. The van der Waals surface area contributed by atoms with E-state index in [1.165, 1.54) is 38.5 Å². The van der Waals surface area contributed by atoms with E-state index in [0.29, 0.717) is 31.1 Å². The van der Waals surface area contributed by atoms with Crippen molar-refractivity contribution < 1.29 is 57.4 Å². The number of phosphoric acid groups is 1. The Labute approximate surface area is 382 Å². The molecule has 2 unspecified atom stereocenters. The van der Waals surface area contributed by atoms with E-state index in [-0.39, 0.29) is 43.5 Å². The summed E-state index contributed by atoms with van der Waals surface area (Å²) in [5, 5.41) is 27.8. The Hall–Kier alpha value is -2.20. The van der Waals surface area contributed by atoms with Crippen LogP contribution >= 0.6 is 19.6 Å². The number of unbranched alkanes of at least 4 members (excludes halogenated alkanes) is 20. The van der Waals surface area contributed by atoms with Gasteiger partial charge >= 0.3 is 25.8 Å². The van der Waals surface area contributed by atoms with Crippen molar-refractivity contribution in [3.8, 4) is 0 Å². The Kier molecular flexibility index (Phi) is 33.4. The molecular formula is C46H84N3O12PS. The van der Waals surface area contributed by atoms with Gasteiger partial charge in [0.25, 0.3) is 0 Å². The highest BCUT2D eigenvalue weighted by Gasteiger charge is 2.42. The Balaban J connectivity index is 1.50. The second-order valence-electron chi connectivity index (χ2n) is 17.2. The molecule has 2 rings (SSSR count). The normalized spacial score (nSPS) is 19.0. The second-order valence-corrected chi connectivity index (χ2v) is 19.9. The number of fused-ring (bicyclic) bond motifs is 1. The first-order chi connectivity index (χ1) is 30.5. The molecule has 2 fully saturated rings. The van der Waals surface area contributed by atoms with Gasteiger partial charge in [0.1, 0.15) is 12.7 Å². The number of aliphatic hydroxyl groups excluding tert-OH is 2. The number of amides is 3. The zero-order valence-electron chi connectivity index (χ0n) is 38.5. The number of thioether (sulfide) groups is 1. The summed E-state index contributed by atoms with van der Waals surface area (Å²) in [6.07, 6.45) is 29.5. The van der Waals surface area contributed by atoms with Crippen molar-refractivity contribution in [3.63, 3.8) is 0 Å². The van der Waals surface area contributed by atoms with E-state index in [4.69, 9.17) is 23.6 Å². The monoisotopic (exact) mass is 934 g/mol. The molecule has 6 N–H and O–H groups in total. The van der Waals surface area contributed by atoms with Gasteiger partial charge in [0.2, 0.25) is 5.91 Å². The van der Waals surface area contributed by atoms with Crippen LogP contribution in [-0.2, 0) is 37.5 Å². The molecular weight excluding hydrogens is 850 g/mol. The number of nitrogens with one attached hydrogen (secondary N) is 3. The van der Waals surface area contributed by atoms with Crippen LogP contribution in [-0.4, -0.2) is 107 Å². The lowest BCUT2D eigenvalue weighted by molar-refractivity contribution is -0.161. The van der Waals surface area contributed by atoms with Crippen molar-refractivity contribution >= 4 is 43.5 Å². The number of hydrogen-bond donors (Lipinski definition) is 6. The molecule has 366 valence electrons. The number of rotatable bonds is 42. The molecule has 0 aromatic heterocycles. The highest BCUT2D eigenvalue weighted by atomic mass is 32.2. The van der Waals surface area contributed by atoms with Gasteiger partial charge < -0.3 is 40.5 Å². The minimum atomic E-state index is -4.65. The van der Waals surface area contributed by atoms with Crippen LogP contribution in [0.25, 0.3) is 0 Å². The minimum Gasteiger partial charge on any atom is -0.462 e. The number of hydrogen-bond acceptors (Lipinski definition) is 12. The first kappa shape index (κ1) is 56.9. The first-order valence-corrected chi connectivity index (χ1v) is 26.9. The van der Waals surface area contributed by atoms with E-state index in [0.717, 1.165) is 115 Å². The standard InChI is InChI=1S/C46H84N3O12PS/c1-2-3-4-5-6-7-8-9-10-11-12-14-17-20-23-30-43(53)58-35-39(36-60-62(56,57)59-34-38(51)33-50)61-44(54)31-24-21-18-15-13-16-19-22-27-32-47-42(52)29-26-25-28-41-45-40(37-63-41)48-46(55)49-45/h9-10,38-41,45,50-51H,2-8,11-37H2,1H3,(H,47,52)(H,56,57)(H2,48,49,55)/b10-9-/t38?,39-,40+,41+,45+/m1/s1. The summed E-state index contributed by atoms with van der Waals surface area (Å²) in [6, 6.07) is 0.384. The third-order valence-corrected chi connectivity index (χ3v) is 13.9. The Morgan fingerprint density at radius 2 is 1.30 bits per heavy atom. The molecule has 63 heavy (non-hydrogen) atoms. The largest absolute Gasteiger partial charge is 0.472 e. The van der Waals surface area contributed by atoms with Crippen LogP contribution in [0.2, 0.25) is 0 Å². The highest BCUT2D eigenvalue weighted by molar-refractivity contribution is 8.00. The predicted octanol–water partition coefficient (Wildman–Crippen LogP) is 8.71. The van der Waals surface area contributed by atoms with Crippen molar-refractivity contribution in [3.05, 3.63) is 12.2 Å². The summed E-state index contributed by atoms with van der Waals surface area (Å²) in [4.78, 5) is 58.9. The lowest BCUT2D eigenvalue weighted by Crippen LogP contribution is -2.36. The van der Waals surface area contributed by atoms with Gasteiger partial charge in [0.15, 0.2) is 6.10 Å². The quantitative estimate of drug-likeness (QED) is 0.0111. The molecule has 2 aliphatic heterocycles. The van der Waals surface area contributed by atoms with Crippen LogP contribution in [0.4, 0.5) is 4.79 Å². The lowest BCUT2D eigenvalue weighted by atomic mass is 10.0. The SMILES string of the molecule is CCCCCCCC/C=C\CCCCCCCC(=O)OC[C@H](COP(=O)(O)OCC(O)CO)OC(=O)CCCCCCCCCCCNC(=O)CCCC[C@@H]1SC[C@@H]2NC(=O)N[C@@H]21. The van der Waals surface area contributed by atoms with Gasteiger partial charge in [0.05, 0.1) is 31.9 Å². The van der Waals surface area contributed by atoms with Gasteiger partial charge in [-0.15, -0.1) is 0 Å². The fourth-order valence-corrected chi connectivity index (χ4v) is 9.96. The summed E-state index contributed by atoms with van der Waals surface area (Å²) in [5.74, 6) is 0.0717. The van der Waals surface area contributed by atoms with Crippen molar-refractivity contribution in [1.82, 2.24) is 16.0 Å². The van der Waals surface area contributed by atoms with Crippen molar-refractivity contribution in [1.29, 1.82) is 0 Å². The number of carbonyl (C=O) groups excluding carboxylic acids is 4. The number of phosphoric ester groups is 1. The van der Waals surface area contributed by atoms with Gasteiger partial charge in [-0.25, -0.2) is 9.36 Å². The summed E-state index contributed by atoms with van der Waals surface area (Å²) in [7, 11) is -4.65. The van der Waals surface area contributed by atoms with Crippen molar-refractivity contribution in [2.75, 3.05) is 38.7 Å². The van der Waals surface area contributed by atoms with Crippen LogP contribution in [0.5, 0.6) is 0 Å². The number of urea groups is 1. The van der Waals surface area contributed by atoms with E-state index < -0.39 is 51.8 Å². The third-order valence-electron chi connectivity index (χ3n) is 11.4. The average Bonchev–Trinajstić information content (AvgIpc) is 3.82. The maximum Gasteiger partial charge on any atom is 0.472 e. The Morgan fingerprint density at radius 1 is 0.746 bits per heavy atom. The van der Waals surface area contributed by atoms with Crippen LogP contribution in [0.1, 0.15) is 187 Å². The molecule has 2 aliphatic rings. The van der Waals surface area contributed by atoms with E-state index >= 15 is 0 Å². The van der Waals surface area contributed by atoms with Gasteiger partial charge in [-0.1, -0.05) is 122 Å². The maximum atomic E-state index is 12.7. The summed E-state index contributed by atoms with van der Waals surface area (Å²) in [6.45, 7) is 0.727. The van der Waals surface area contributed by atoms with E-state index in [9.17, 15) is 33.7 Å². The number of ether oxygens (including phenoxy) is 2. The van der Waals surface area contributed by atoms with Crippen molar-refractivity contribution in [2.45, 2.75) is 216 Å². The third kappa shape index (κ3) is 30.6. The molecule has 0 spiro atoms. The second kappa shape index (κ2) is 37.0. The molecule has 2 saturated heterocycles.